The molecule has 1 aromatic carbocycles. The smallest absolute Gasteiger partial charge is 0.254 e. The van der Waals surface area contributed by atoms with Gasteiger partial charge in [-0.05, 0) is 47.8 Å². The Bertz CT molecular complexity index is 465. The van der Waals surface area contributed by atoms with Gasteiger partial charge in [-0.1, -0.05) is 12.1 Å². The molecule has 1 heterocycles. The van der Waals surface area contributed by atoms with Crippen molar-refractivity contribution >= 4 is 27.6 Å². The summed E-state index contributed by atoms with van der Waals surface area (Å²) < 4.78 is 0.823. The molecule has 0 bridgehead atoms. The van der Waals surface area contributed by atoms with Crippen molar-refractivity contribution in [1.29, 1.82) is 0 Å². The monoisotopic (exact) mass is 309 g/mol. The molecule has 0 aromatic heterocycles. The SMILES string of the molecule is CC(=O)C1CCN(C(=O)c2ccccc2Br)CC1. The molecule has 1 fully saturated rings. The van der Waals surface area contributed by atoms with Crippen LogP contribution in [-0.4, -0.2) is 29.7 Å². The van der Waals surface area contributed by atoms with Crippen molar-refractivity contribution in [3.05, 3.63) is 34.3 Å². The van der Waals surface area contributed by atoms with Crippen LogP contribution in [0.3, 0.4) is 0 Å². The molecule has 1 aliphatic heterocycles. The summed E-state index contributed by atoms with van der Waals surface area (Å²) >= 11 is 3.40. The molecule has 18 heavy (non-hydrogen) atoms. The Morgan fingerprint density at radius 2 is 1.83 bits per heavy atom. The molecule has 0 atom stereocenters. The number of rotatable bonds is 2. The quantitative estimate of drug-likeness (QED) is 0.842. The number of likely N-dealkylation sites (tertiary alicyclic amines) is 1. The van der Waals surface area contributed by atoms with Crippen molar-refractivity contribution in [1.82, 2.24) is 4.90 Å². The molecule has 0 saturated carbocycles. The summed E-state index contributed by atoms with van der Waals surface area (Å²) in [7, 11) is 0. The minimum Gasteiger partial charge on any atom is -0.339 e. The highest BCUT2D eigenvalue weighted by atomic mass is 79.9. The molecule has 0 N–H and O–H groups in total. The number of piperidine rings is 1. The zero-order chi connectivity index (χ0) is 13.1. The maximum Gasteiger partial charge on any atom is 0.254 e. The van der Waals surface area contributed by atoms with Crippen LogP contribution in [0.25, 0.3) is 0 Å². The Morgan fingerprint density at radius 1 is 1.22 bits per heavy atom. The van der Waals surface area contributed by atoms with Crippen LogP contribution in [0.15, 0.2) is 28.7 Å². The first kappa shape index (κ1) is 13.3. The van der Waals surface area contributed by atoms with Crippen molar-refractivity contribution in [3.63, 3.8) is 0 Å². The van der Waals surface area contributed by atoms with Gasteiger partial charge in [-0.15, -0.1) is 0 Å². The van der Waals surface area contributed by atoms with Gasteiger partial charge in [0.1, 0.15) is 5.78 Å². The van der Waals surface area contributed by atoms with Crippen molar-refractivity contribution in [3.8, 4) is 0 Å². The number of nitrogens with zero attached hydrogens (tertiary/aromatic N) is 1. The van der Waals surface area contributed by atoms with E-state index in [0.717, 1.165) is 17.3 Å². The molecule has 96 valence electrons. The molecule has 2 rings (SSSR count). The van der Waals surface area contributed by atoms with E-state index in [2.05, 4.69) is 15.9 Å². The van der Waals surface area contributed by atoms with Gasteiger partial charge in [0.2, 0.25) is 0 Å². The fraction of sp³-hybridized carbons (Fsp3) is 0.429. The maximum atomic E-state index is 12.3. The molecule has 0 spiro atoms. The van der Waals surface area contributed by atoms with Gasteiger partial charge < -0.3 is 4.90 Å². The van der Waals surface area contributed by atoms with Crippen LogP contribution in [0, 0.1) is 5.92 Å². The van der Waals surface area contributed by atoms with Crippen LogP contribution in [0.4, 0.5) is 0 Å². The van der Waals surface area contributed by atoms with Gasteiger partial charge in [-0.25, -0.2) is 0 Å². The Labute approximate surface area is 115 Å². The van der Waals surface area contributed by atoms with Crippen molar-refractivity contribution in [2.24, 2.45) is 5.92 Å². The highest BCUT2D eigenvalue weighted by Crippen LogP contribution is 2.22. The highest BCUT2D eigenvalue weighted by Gasteiger charge is 2.26. The van der Waals surface area contributed by atoms with E-state index in [1.165, 1.54) is 0 Å². The fourth-order valence-corrected chi connectivity index (χ4v) is 2.75. The molecule has 0 radical (unpaired) electrons. The molecule has 0 aliphatic carbocycles. The number of benzene rings is 1. The summed E-state index contributed by atoms with van der Waals surface area (Å²) in [6.07, 6.45) is 1.57. The zero-order valence-corrected chi connectivity index (χ0v) is 11.9. The second-order valence-electron chi connectivity index (χ2n) is 4.66. The number of Topliss-reactive ketones (excluding diaryl/α,β-unsaturated/α-hetero) is 1. The lowest BCUT2D eigenvalue weighted by Crippen LogP contribution is -2.40. The third-order valence-corrected chi connectivity index (χ3v) is 4.15. The van der Waals surface area contributed by atoms with Crippen molar-refractivity contribution in [2.75, 3.05) is 13.1 Å². The Kier molecular flexibility index (Phi) is 4.17. The minimum atomic E-state index is 0.0458. The highest BCUT2D eigenvalue weighted by molar-refractivity contribution is 9.10. The number of hydrogen-bond acceptors (Lipinski definition) is 2. The zero-order valence-electron chi connectivity index (χ0n) is 10.4. The molecule has 4 heteroatoms. The lowest BCUT2D eigenvalue weighted by atomic mass is 9.93. The molecular weight excluding hydrogens is 294 g/mol. The van der Waals surface area contributed by atoms with Crippen LogP contribution >= 0.6 is 15.9 Å². The van der Waals surface area contributed by atoms with Crippen LogP contribution in [0.5, 0.6) is 0 Å². The molecule has 3 nitrogen and oxygen atoms in total. The predicted octanol–water partition coefficient (Wildman–Crippen LogP) is 2.89. The normalized spacial score (nSPS) is 16.7. The Balaban J connectivity index is 2.04. The molecular formula is C14H16BrNO2. The average molecular weight is 310 g/mol. The summed E-state index contributed by atoms with van der Waals surface area (Å²) in [5, 5.41) is 0. The van der Waals surface area contributed by atoms with Gasteiger partial charge >= 0.3 is 0 Å². The number of carbonyl (C=O) groups excluding carboxylic acids is 2. The van der Waals surface area contributed by atoms with E-state index in [9.17, 15) is 9.59 Å². The third-order valence-electron chi connectivity index (χ3n) is 3.46. The van der Waals surface area contributed by atoms with Crippen LogP contribution in [0.1, 0.15) is 30.1 Å². The number of carbonyl (C=O) groups is 2. The van der Waals surface area contributed by atoms with E-state index < -0.39 is 0 Å². The first-order valence-electron chi connectivity index (χ1n) is 6.14. The Morgan fingerprint density at radius 3 is 2.39 bits per heavy atom. The van der Waals surface area contributed by atoms with Crippen LogP contribution in [-0.2, 0) is 4.79 Å². The molecule has 1 saturated heterocycles. The van der Waals surface area contributed by atoms with E-state index in [1.807, 2.05) is 29.2 Å². The lowest BCUT2D eigenvalue weighted by Gasteiger charge is -2.31. The summed E-state index contributed by atoms with van der Waals surface area (Å²) in [4.78, 5) is 25.4. The first-order chi connectivity index (χ1) is 8.59. The molecule has 1 amide bonds. The van der Waals surface area contributed by atoms with E-state index in [4.69, 9.17) is 0 Å². The second kappa shape index (κ2) is 5.65. The number of amides is 1. The second-order valence-corrected chi connectivity index (χ2v) is 5.51. The third kappa shape index (κ3) is 2.80. The largest absolute Gasteiger partial charge is 0.339 e. The van der Waals surface area contributed by atoms with Gasteiger partial charge in [0, 0.05) is 23.5 Å². The van der Waals surface area contributed by atoms with E-state index in [-0.39, 0.29) is 17.6 Å². The first-order valence-corrected chi connectivity index (χ1v) is 6.93. The summed E-state index contributed by atoms with van der Waals surface area (Å²) in [5.74, 6) is 0.417. The van der Waals surface area contributed by atoms with Gasteiger partial charge in [-0.3, -0.25) is 9.59 Å². The number of ketones is 1. The van der Waals surface area contributed by atoms with Crippen molar-refractivity contribution in [2.45, 2.75) is 19.8 Å². The van der Waals surface area contributed by atoms with Crippen LogP contribution in [0.2, 0.25) is 0 Å². The standard InChI is InChI=1S/C14H16BrNO2/c1-10(17)11-6-8-16(9-7-11)14(18)12-4-2-3-5-13(12)15/h2-5,11H,6-9H2,1H3. The minimum absolute atomic E-state index is 0.0458. The van der Waals surface area contributed by atoms with E-state index in [1.54, 1.807) is 6.92 Å². The fourth-order valence-electron chi connectivity index (χ4n) is 2.29. The molecule has 0 unspecified atom stereocenters. The summed E-state index contributed by atoms with van der Waals surface area (Å²) in [5.41, 5.74) is 0.693. The van der Waals surface area contributed by atoms with Gasteiger partial charge in [0.15, 0.2) is 0 Å². The predicted molar refractivity (Wildman–Crippen MR) is 73.5 cm³/mol. The van der Waals surface area contributed by atoms with E-state index >= 15 is 0 Å². The maximum absolute atomic E-state index is 12.3. The van der Waals surface area contributed by atoms with Gasteiger partial charge in [0.25, 0.3) is 5.91 Å². The summed E-state index contributed by atoms with van der Waals surface area (Å²) in [6, 6.07) is 7.45. The van der Waals surface area contributed by atoms with Crippen LogP contribution < -0.4 is 0 Å². The van der Waals surface area contributed by atoms with E-state index in [0.29, 0.717) is 18.7 Å². The summed E-state index contributed by atoms with van der Waals surface area (Å²) in [6.45, 7) is 2.98. The molecule has 1 aromatic rings. The lowest BCUT2D eigenvalue weighted by molar-refractivity contribution is -0.121. The van der Waals surface area contributed by atoms with Gasteiger partial charge in [0.05, 0.1) is 5.56 Å². The topological polar surface area (TPSA) is 37.4 Å². The van der Waals surface area contributed by atoms with Gasteiger partial charge in [-0.2, -0.15) is 0 Å². The van der Waals surface area contributed by atoms with Crippen molar-refractivity contribution < 1.29 is 9.59 Å². The molecule has 1 aliphatic rings. The number of halogens is 1. The Hall–Kier alpha value is -1.16. The average Bonchev–Trinajstić information content (AvgIpc) is 2.38. The number of hydrogen-bond donors (Lipinski definition) is 0.